The lowest BCUT2D eigenvalue weighted by Gasteiger charge is -2.14. The third kappa shape index (κ3) is 4.00. The van der Waals surface area contributed by atoms with Crippen LogP contribution in [0.1, 0.15) is 44.5 Å². The number of aromatic nitrogens is 3. The Morgan fingerprint density at radius 1 is 1.24 bits per heavy atom. The minimum absolute atomic E-state index is 0.0598. The summed E-state index contributed by atoms with van der Waals surface area (Å²) in [5, 5.41) is 4.22. The largest absolute Gasteiger partial charge is 0.299 e. The summed E-state index contributed by atoms with van der Waals surface area (Å²) in [6.07, 6.45) is 2.69. The Labute approximate surface area is 126 Å². The number of hydrogen-bond acceptors (Lipinski definition) is 3. The Bertz CT molecular complexity index is 575. The van der Waals surface area contributed by atoms with Gasteiger partial charge >= 0.3 is 0 Å². The molecule has 0 spiro atoms. The van der Waals surface area contributed by atoms with E-state index in [0.29, 0.717) is 12.3 Å². The van der Waals surface area contributed by atoms with Gasteiger partial charge < -0.3 is 0 Å². The highest BCUT2D eigenvalue weighted by atomic mass is 16.1. The van der Waals surface area contributed by atoms with Crippen molar-refractivity contribution in [2.24, 2.45) is 5.92 Å². The van der Waals surface area contributed by atoms with Crippen LogP contribution in [0.5, 0.6) is 0 Å². The first-order valence-electron chi connectivity index (χ1n) is 7.56. The van der Waals surface area contributed by atoms with Crippen LogP contribution < -0.4 is 0 Å². The van der Waals surface area contributed by atoms with Crippen molar-refractivity contribution in [3.05, 3.63) is 48.0 Å². The molecule has 2 rings (SSSR count). The molecule has 0 saturated carbocycles. The van der Waals surface area contributed by atoms with Gasteiger partial charge in [-0.05, 0) is 17.9 Å². The van der Waals surface area contributed by atoms with Crippen molar-refractivity contribution in [2.45, 2.75) is 46.1 Å². The van der Waals surface area contributed by atoms with Gasteiger partial charge in [-0.3, -0.25) is 4.79 Å². The van der Waals surface area contributed by atoms with Crippen LogP contribution in [0.15, 0.2) is 36.7 Å². The van der Waals surface area contributed by atoms with Gasteiger partial charge in [0.05, 0.1) is 6.42 Å². The average molecular weight is 285 g/mol. The van der Waals surface area contributed by atoms with Crippen molar-refractivity contribution in [1.82, 2.24) is 14.8 Å². The van der Waals surface area contributed by atoms with Crippen LogP contribution in [0.2, 0.25) is 0 Å². The highest BCUT2D eigenvalue weighted by Gasteiger charge is 2.21. The lowest BCUT2D eigenvalue weighted by Crippen LogP contribution is -2.19. The van der Waals surface area contributed by atoms with Gasteiger partial charge in [0.15, 0.2) is 0 Å². The van der Waals surface area contributed by atoms with Crippen LogP contribution in [0.4, 0.5) is 0 Å². The van der Waals surface area contributed by atoms with E-state index in [-0.39, 0.29) is 11.7 Å². The summed E-state index contributed by atoms with van der Waals surface area (Å²) in [6, 6.07) is 9.97. The molecule has 1 aromatic heterocycles. The zero-order valence-electron chi connectivity index (χ0n) is 13.0. The molecule has 4 nitrogen and oxygen atoms in total. The molecule has 0 N–H and O–H groups in total. The first-order chi connectivity index (χ1) is 10.1. The van der Waals surface area contributed by atoms with Gasteiger partial charge in [-0.2, -0.15) is 5.10 Å². The lowest BCUT2D eigenvalue weighted by molar-refractivity contribution is -0.120. The van der Waals surface area contributed by atoms with Gasteiger partial charge in [0.25, 0.3) is 0 Å². The van der Waals surface area contributed by atoms with Crippen LogP contribution in [0, 0.1) is 5.92 Å². The molecular formula is C17H23N3O. The van der Waals surface area contributed by atoms with Crippen molar-refractivity contribution in [2.75, 3.05) is 0 Å². The Kier molecular flexibility index (Phi) is 5.26. The van der Waals surface area contributed by atoms with Crippen LogP contribution in [-0.2, 0) is 17.8 Å². The van der Waals surface area contributed by atoms with Gasteiger partial charge in [-0.15, -0.1) is 0 Å². The van der Waals surface area contributed by atoms with Crippen molar-refractivity contribution < 1.29 is 4.79 Å². The maximum Gasteiger partial charge on any atom is 0.147 e. The van der Waals surface area contributed by atoms with E-state index in [4.69, 9.17) is 0 Å². The standard InChI is InChI=1S/C17H23N3O/c1-4-15(14-8-6-5-7-9-14)16(21)10-17-18-12-19-20(17)11-13(2)3/h5-9,12-13,15H,4,10-11H2,1-3H3. The minimum Gasteiger partial charge on any atom is -0.299 e. The number of rotatable bonds is 7. The summed E-state index contributed by atoms with van der Waals surface area (Å²) in [6.45, 7) is 7.11. The summed E-state index contributed by atoms with van der Waals surface area (Å²) in [5.74, 6) is 1.40. The molecule has 0 fully saturated rings. The van der Waals surface area contributed by atoms with Crippen LogP contribution in [0.25, 0.3) is 0 Å². The second-order valence-electron chi connectivity index (χ2n) is 5.77. The Balaban J connectivity index is 2.12. The Morgan fingerprint density at radius 3 is 2.57 bits per heavy atom. The summed E-state index contributed by atoms with van der Waals surface area (Å²) in [5.41, 5.74) is 1.08. The molecule has 0 saturated heterocycles. The molecule has 1 atom stereocenters. The second kappa shape index (κ2) is 7.16. The van der Waals surface area contributed by atoms with Crippen molar-refractivity contribution >= 4 is 5.78 Å². The molecule has 112 valence electrons. The third-order valence-electron chi connectivity index (χ3n) is 3.57. The maximum absolute atomic E-state index is 12.6. The van der Waals surface area contributed by atoms with Gasteiger partial charge in [0, 0.05) is 12.5 Å². The topological polar surface area (TPSA) is 47.8 Å². The quantitative estimate of drug-likeness (QED) is 0.784. The number of ketones is 1. The van der Waals surface area contributed by atoms with E-state index < -0.39 is 0 Å². The van der Waals surface area contributed by atoms with E-state index in [1.807, 2.05) is 35.0 Å². The van der Waals surface area contributed by atoms with E-state index in [1.165, 1.54) is 6.33 Å². The molecule has 1 unspecified atom stereocenters. The molecule has 0 aliphatic rings. The molecule has 0 bridgehead atoms. The highest BCUT2D eigenvalue weighted by Crippen LogP contribution is 2.21. The van der Waals surface area contributed by atoms with Gasteiger partial charge in [0.1, 0.15) is 17.9 Å². The first kappa shape index (κ1) is 15.4. The van der Waals surface area contributed by atoms with Crippen LogP contribution in [-0.4, -0.2) is 20.5 Å². The smallest absolute Gasteiger partial charge is 0.147 e. The third-order valence-corrected chi connectivity index (χ3v) is 3.57. The molecule has 1 aromatic carbocycles. The minimum atomic E-state index is -0.0598. The van der Waals surface area contributed by atoms with Gasteiger partial charge in [0.2, 0.25) is 0 Å². The van der Waals surface area contributed by atoms with Crippen LogP contribution in [0.3, 0.4) is 0 Å². The molecule has 0 aliphatic carbocycles. The predicted molar refractivity (Wildman–Crippen MR) is 83.0 cm³/mol. The molecular weight excluding hydrogens is 262 g/mol. The lowest BCUT2D eigenvalue weighted by atomic mass is 9.90. The zero-order valence-corrected chi connectivity index (χ0v) is 13.0. The number of hydrogen-bond donors (Lipinski definition) is 0. The molecule has 1 heterocycles. The fourth-order valence-corrected chi connectivity index (χ4v) is 2.54. The SMILES string of the molecule is CCC(C(=O)Cc1ncnn1CC(C)C)c1ccccc1. The fraction of sp³-hybridized carbons (Fsp3) is 0.471. The van der Waals surface area contributed by atoms with Crippen molar-refractivity contribution in [1.29, 1.82) is 0 Å². The maximum atomic E-state index is 12.6. The van der Waals surface area contributed by atoms with E-state index in [1.54, 1.807) is 0 Å². The van der Waals surface area contributed by atoms with E-state index in [0.717, 1.165) is 24.4 Å². The van der Waals surface area contributed by atoms with Gasteiger partial charge in [-0.1, -0.05) is 51.1 Å². The van der Waals surface area contributed by atoms with E-state index in [9.17, 15) is 4.79 Å². The van der Waals surface area contributed by atoms with Gasteiger partial charge in [-0.25, -0.2) is 9.67 Å². The molecule has 4 heteroatoms. The Hall–Kier alpha value is -1.97. The second-order valence-corrected chi connectivity index (χ2v) is 5.77. The molecule has 2 aromatic rings. The number of carbonyl (C=O) groups excluding carboxylic acids is 1. The summed E-state index contributed by atoms with van der Waals surface area (Å²) in [7, 11) is 0. The normalized spacial score (nSPS) is 12.6. The highest BCUT2D eigenvalue weighted by molar-refractivity contribution is 5.87. The number of benzene rings is 1. The van der Waals surface area contributed by atoms with Crippen molar-refractivity contribution in [3.8, 4) is 0 Å². The molecule has 21 heavy (non-hydrogen) atoms. The zero-order chi connectivity index (χ0) is 15.2. The summed E-state index contributed by atoms with van der Waals surface area (Å²) >= 11 is 0. The fourth-order valence-electron chi connectivity index (χ4n) is 2.54. The predicted octanol–water partition coefficient (Wildman–Crippen LogP) is 3.24. The van der Waals surface area contributed by atoms with Crippen LogP contribution >= 0.6 is 0 Å². The number of carbonyl (C=O) groups is 1. The molecule has 0 aliphatic heterocycles. The monoisotopic (exact) mass is 285 g/mol. The molecule has 0 amide bonds. The Morgan fingerprint density at radius 2 is 1.95 bits per heavy atom. The van der Waals surface area contributed by atoms with Crippen molar-refractivity contribution in [3.63, 3.8) is 0 Å². The molecule has 0 radical (unpaired) electrons. The average Bonchev–Trinajstić information content (AvgIpc) is 2.87. The van der Waals surface area contributed by atoms with E-state index in [2.05, 4.69) is 30.9 Å². The first-order valence-corrected chi connectivity index (χ1v) is 7.56. The summed E-state index contributed by atoms with van der Waals surface area (Å²) < 4.78 is 1.85. The summed E-state index contributed by atoms with van der Waals surface area (Å²) in [4.78, 5) is 16.8. The number of Topliss-reactive ketones (excluding diaryl/α,β-unsaturated/α-hetero) is 1. The number of nitrogens with zero attached hydrogens (tertiary/aromatic N) is 3. The van der Waals surface area contributed by atoms with E-state index >= 15 is 0 Å².